The maximum absolute atomic E-state index is 13.7. The van der Waals surface area contributed by atoms with E-state index in [1.165, 1.54) is 12.1 Å². The van der Waals surface area contributed by atoms with Gasteiger partial charge in [-0.3, -0.25) is 0 Å². The Morgan fingerprint density at radius 2 is 1.70 bits per heavy atom. The van der Waals surface area contributed by atoms with Gasteiger partial charge in [-0.05, 0) is 25.1 Å². The molecule has 0 heterocycles. The van der Waals surface area contributed by atoms with Crippen molar-refractivity contribution in [1.82, 2.24) is 0 Å². The van der Waals surface area contributed by atoms with Crippen molar-refractivity contribution in [2.24, 2.45) is 5.14 Å². The summed E-state index contributed by atoms with van der Waals surface area (Å²) in [5, 5.41) is 8.14. The van der Waals surface area contributed by atoms with E-state index < -0.39 is 10.0 Å². The Bertz CT molecular complexity index is 717. The zero-order valence-electron chi connectivity index (χ0n) is 10.9. The first-order valence-electron chi connectivity index (χ1n) is 6.02. The second-order valence-electron chi connectivity index (χ2n) is 4.43. The molecule has 20 heavy (non-hydrogen) atoms. The van der Waals surface area contributed by atoms with Crippen LogP contribution in [0.5, 0.6) is 0 Å². The number of rotatable bonds is 4. The maximum atomic E-state index is 13.7. The lowest BCUT2D eigenvalue weighted by atomic mass is 10.1. The lowest BCUT2D eigenvalue weighted by Gasteiger charge is -2.18. The standard InChI is InChI=1S/C14H15FN2O2S/c1-10(11-6-2-3-7-12(11)15)17-13-8-4-5-9-14(13)20(16,18)19/h2-10,17H,1H3,(H2,16,18,19). The Hall–Kier alpha value is -1.92. The number of sulfonamides is 1. The van der Waals surface area contributed by atoms with Gasteiger partial charge in [0, 0.05) is 5.56 Å². The average molecular weight is 294 g/mol. The van der Waals surface area contributed by atoms with E-state index in [1.807, 2.05) is 0 Å². The highest BCUT2D eigenvalue weighted by molar-refractivity contribution is 7.89. The van der Waals surface area contributed by atoms with Crippen LogP contribution in [0.2, 0.25) is 0 Å². The molecule has 0 aliphatic heterocycles. The third kappa shape index (κ3) is 3.15. The molecule has 0 aliphatic carbocycles. The minimum Gasteiger partial charge on any atom is -0.377 e. The summed E-state index contributed by atoms with van der Waals surface area (Å²) in [6.07, 6.45) is 0. The number of benzene rings is 2. The number of nitrogens with two attached hydrogens (primary N) is 1. The van der Waals surface area contributed by atoms with Crippen LogP contribution in [0.3, 0.4) is 0 Å². The fraction of sp³-hybridized carbons (Fsp3) is 0.143. The van der Waals surface area contributed by atoms with E-state index in [-0.39, 0.29) is 16.8 Å². The zero-order chi connectivity index (χ0) is 14.8. The molecule has 0 amide bonds. The number of anilines is 1. The second-order valence-corrected chi connectivity index (χ2v) is 5.96. The van der Waals surface area contributed by atoms with Gasteiger partial charge in [0.25, 0.3) is 0 Å². The molecule has 0 aliphatic rings. The van der Waals surface area contributed by atoms with Crippen molar-refractivity contribution in [1.29, 1.82) is 0 Å². The number of nitrogens with one attached hydrogen (secondary N) is 1. The van der Waals surface area contributed by atoms with Crippen LogP contribution in [-0.2, 0) is 10.0 Å². The van der Waals surface area contributed by atoms with Crippen LogP contribution in [0.25, 0.3) is 0 Å². The molecule has 0 saturated carbocycles. The highest BCUT2D eigenvalue weighted by Crippen LogP contribution is 2.25. The largest absolute Gasteiger partial charge is 0.377 e. The topological polar surface area (TPSA) is 72.2 Å². The predicted molar refractivity (Wildman–Crippen MR) is 76.3 cm³/mol. The van der Waals surface area contributed by atoms with Crippen LogP contribution >= 0.6 is 0 Å². The lowest BCUT2D eigenvalue weighted by molar-refractivity contribution is 0.596. The molecule has 0 saturated heterocycles. The van der Waals surface area contributed by atoms with Gasteiger partial charge in [0.15, 0.2) is 0 Å². The Kier molecular flexibility index (Phi) is 4.06. The lowest BCUT2D eigenvalue weighted by Crippen LogP contribution is -2.16. The number of halogens is 1. The molecule has 4 nitrogen and oxygen atoms in total. The van der Waals surface area contributed by atoms with Crippen molar-refractivity contribution >= 4 is 15.7 Å². The molecule has 3 N–H and O–H groups in total. The van der Waals surface area contributed by atoms with Gasteiger partial charge in [-0.2, -0.15) is 0 Å². The number of hydrogen-bond acceptors (Lipinski definition) is 3. The highest BCUT2D eigenvalue weighted by atomic mass is 32.2. The second kappa shape index (κ2) is 5.60. The molecule has 0 spiro atoms. The minimum atomic E-state index is -3.83. The molecule has 2 rings (SSSR count). The van der Waals surface area contributed by atoms with Gasteiger partial charge < -0.3 is 5.32 Å². The first-order valence-corrected chi connectivity index (χ1v) is 7.57. The molecular formula is C14H15FN2O2S. The van der Waals surface area contributed by atoms with Crippen LogP contribution in [-0.4, -0.2) is 8.42 Å². The SMILES string of the molecule is CC(Nc1ccccc1S(N)(=O)=O)c1ccccc1F. The van der Waals surface area contributed by atoms with Gasteiger partial charge in [0.2, 0.25) is 10.0 Å². The Balaban J connectivity index is 2.34. The quantitative estimate of drug-likeness (QED) is 0.910. The van der Waals surface area contributed by atoms with Crippen LogP contribution in [0, 0.1) is 5.82 Å². The summed E-state index contributed by atoms with van der Waals surface area (Å²) >= 11 is 0. The number of para-hydroxylation sites is 1. The smallest absolute Gasteiger partial charge is 0.240 e. The van der Waals surface area contributed by atoms with Crippen LogP contribution < -0.4 is 10.5 Å². The molecule has 1 atom stereocenters. The fourth-order valence-corrected chi connectivity index (χ4v) is 2.67. The summed E-state index contributed by atoms with van der Waals surface area (Å²) in [6, 6.07) is 12.2. The summed E-state index contributed by atoms with van der Waals surface area (Å²) < 4.78 is 36.7. The Morgan fingerprint density at radius 1 is 1.10 bits per heavy atom. The number of primary sulfonamides is 1. The molecule has 2 aromatic rings. The highest BCUT2D eigenvalue weighted by Gasteiger charge is 2.16. The van der Waals surface area contributed by atoms with Gasteiger partial charge in [-0.1, -0.05) is 30.3 Å². The van der Waals surface area contributed by atoms with Crippen molar-refractivity contribution in [2.75, 3.05) is 5.32 Å². The van der Waals surface area contributed by atoms with E-state index in [0.717, 1.165) is 0 Å². The van der Waals surface area contributed by atoms with Crippen LogP contribution in [0.1, 0.15) is 18.5 Å². The van der Waals surface area contributed by atoms with Crippen LogP contribution in [0.15, 0.2) is 53.4 Å². The molecular weight excluding hydrogens is 279 g/mol. The molecule has 0 bridgehead atoms. The van der Waals surface area contributed by atoms with E-state index in [0.29, 0.717) is 11.3 Å². The Labute approximate surface area is 117 Å². The third-order valence-corrected chi connectivity index (χ3v) is 3.91. The van der Waals surface area contributed by atoms with Gasteiger partial charge in [-0.15, -0.1) is 0 Å². The molecule has 2 aromatic carbocycles. The summed E-state index contributed by atoms with van der Waals surface area (Å²) in [5.74, 6) is -0.347. The summed E-state index contributed by atoms with van der Waals surface area (Å²) in [7, 11) is -3.83. The van der Waals surface area contributed by atoms with E-state index >= 15 is 0 Å². The van der Waals surface area contributed by atoms with E-state index in [9.17, 15) is 12.8 Å². The van der Waals surface area contributed by atoms with Gasteiger partial charge >= 0.3 is 0 Å². The average Bonchev–Trinajstić information content (AvgIpc) is 2.38. The molecule has 6 heteroatoms. The van der Waals surface area contributed by atoms with E-state index in [2.05, 4.69) is 5.32 Å². The third-order valence-electron chi connectivity index (χ3n) is 2.94. The minimum absolute atomic E-state index is 0.0109. The van der Waals surface area contributed by atoms with Crippen molar-refractivity contribution in [3.63, 3.8) is 0 Å². The maximum Gasteiger partial charge on any atom is 0.240 e. The zero-order valence-corrected chi connectivity index (χ0v) is 11.7. The van der Waals surface area contributed by atoms with Gasteiger partial charge in [0.05, 0.1) is 11.7 Å². The Morgan fingerprint density at radius 3 is 2.35 bits per heavy atom. The molecule has 0 radical (unpaired) electrons. The fourth-order valence-electron chi connectivity index (χ4n) is 1.97. The monoisotopic (exact) mass is 294 g/mol. The molecule has 0 fully saturated rings. The van der Waals surface area contributed by atoms with Gasteiger partial charge in [0.1, 0.15) is 10.7 Å². The predicted octanol–water partition coefficient (Wildman–Crippen LogP) is 2.65. The van der Waals surface area contributed by atoms with Crippen molar-refractivity contribution in [3.8, 4) is 0 Å². The van der Waals surface area contributed by atoms with E-state index in [1.54, 1.807) is 43.3 Å². The van der Waals surface area contributed by atoms with Crippen LogP contribution in [0.4, 0.5) is 10.1 Å². The summed E-state index contributed by atoms with van der Waals surface area (Å²) in [5.41, 5.74) is 0.808. The van der Waals surface area contributed by atoms with Crippen molar-refractivity contribution in [2.45, 2.75) is 17.9 Å². The van der Waals surface area contributed by atoms with Crippen molar-refractivity contribution in [3.05, 3.63) is 59.9 Å². The summed E-state index contributed by atoms with van der Waals surface area (Å²) in [4.78, 5) is -0.0109. The van der Waals surface area contributed by atoms with Gasteiger partial charge in [-0.25, -0.2) is 17.9 Å². The normalized spacial score (nSPS) is 12.9. The summed E-state index contributed by atoms with van der Waals surface area (Å²) in [6.45, 7) is 1.75. The van der Waals surface area contributed by atoms with E-state index in [4.69, 9.17) is 5.14 Å². The molecule has 106 valence electrons. The number of hydrogen-bond donors (Lipinski definition) is 2. The first kappa shape index (κ1) is 14.5. The molecule has 1 unspecified atom stereocenters. The molecule has 0 aromatic heterocycles. The van der Waals surface area contributed by atoms with Crippen molar-refractivity contribution < 1.29 is 12.8 Å². The first-order chi connectivity index (χ1) is 9.39.